The van der Waals surface area contributed by atoms with Gasteiger partial charge >= 0.3 is 5.97 Å². The van der Waals surface area contributed by atoms with Crippen LogP contribution in [0.2, 0.25) is 0 Å². The second-order valence-corrected chi connectivity index (χ2v) is 9.39. The van der Waals surface area contributed by atoms with Crippen LogP contribution >= 0.6 is 15.9 Å². The van der Waals surface area contributed by atoms with Gasteiger partial charge in [0.1, 0.15) is 0 Å². The van der Waals surface area contributed by atoms with Gasteiger partial charge in [0.2, 0.25) is 0 Å². The molecule has 28 heavy (non-hydrogen) atoms. The van der Waals surface area contributed by atoms with Crippen molar-refractivity contribution in [3.8, 4) is 0 Å². The van der Waals surface area contributed by atoms with E-state index in [0.717, 1.165) is 46.3 Å². The molecule has 4 nitrogen and oxygen atoms in total. The molecule has 0 saturated heterocycles. The molecule has 1 aliphatic heterocycles. The Morgan fingerprint density at radius 3 is 2.57 bits per heavy atom. The lowest BCUT2D eigenvalue weighted by atomic mass is 9.68. The van der Waals surface area contributed by atoms with Crippen molar-refractivity contribution in [2.75, 3.05) is 6.61 Å². The summed E-state index contributed by atoms with van der Waals surface area (Å²) in [6.07, 6.45) is 3.06. The van der Waals surface area contributed by atoms with Gasteiger partial charge in [0.05, 0.1) is 12.2 Å². The molecule has 0 amide bonds. The van der Waals surface area contributed by atoms with Crippen LogP contribution in [0.3, 0.4) is 0 Å². The highest BCUT2D eigenvalue weighted by atomic mass is 79.9. The molecular weight excluding hydrogens is 418 g/mol. The monoisotopic (exact) mass is 445 g/mol. The van der Waals surface area contributed by atoms with Gasteiger partial charge in [-0.15, -0.1) is 0 Å². The molecule has 0 bridgehead atoms. The number of benzene rings is 1. The normalized spacial score (nSPS) is 21.3. The van der Waals surface area contributed by atoms with Crippen molar-refractivity contribution in [2.24, 2.45) is 5.41 Å². The third-order valence-corrected chi connectivity index (χ3v) is 5.92. The van der Waals surface area contributed by atoms with Crippen LogP contribution < -0.4 is 5.32 Å². The molecule has 0 radical (unpaired) electrons. The van der Waals surface area contributed by atoms with E-state index in [0.29, 0.717) is 18.6 Å². The van der Waals surface area contributed by atoms with Crippen LogP contribution in [0.25, 0.3) is 0 Å². The molecular formula is C23H28BrNO3. The van der Waals surface area contributed by atoms with E-state index in [9.17, 15) is 9.59 Å². The Labute approximate surface area is 175 Å². The van der Waals surface area contributed by atoms with E-state index < -0.39 is 0 Å². The number of hydrogen-bond donors (Lipinski definition) is 1. The number of ketones is 1. The van der Waals surface area contributed by atoms with Gasteiger partial charge in [-0.25, -0.2) is 4.79 Å². The zero-order valence-corrected chi connectivity index (χ0v) is 18.6. The molecule has 150 valence electrons. The maximum absolute atomic E-state index is 13.1. The van der Waals surface area contributed by atoms with Gasteiger partial charge in [-0.1, -0.05) is 55.3 Å². The molecule has 0 aromatic heterocycles. The number of unbranched alkanes of at least 4 members (excludes halogenated alkanes) is 1. The van der Waals surface area contributed by atoms with Crippen molar-refractivity contribution in [1.82, 2.24) is 5.32 Å². The summed E-state index contributed by atoms with van der Waals surface area (Å²) in [7, 11) is 0. The summed E-state index contributed by atoms with van der Waals surface area (Å²) in [4.78, 5) is 26.1. The van der Waals surface area contributed by atoms with E-state index in [1.165, 1.54) is 0 Å². The first-order chi connectivity index (χ1) is 13.2. The fourth-order valence-electron chi connectivity index (χ4n) is 4.08. The van der Waals surface area contributed by atoms with Crippen molar-refractivity contribution < 1.29 is 14.3 Å². The summed E-state index contributed by atoms with van der Waals surface area (Å²) in [5.74, 6) is -0.615. The molecule has 1 aromatic carbocycles. The predicted octanol–water partition coefficient (Wildman–Crippen LogP) is 5.40. The third-order valence-electron chi connectivity index (χ3n) is 5.39. The van der Waals surface area contributed by atoms with Crippen molar-refractivity contribution in [1.29, 1.82) is 0 Å². The highest BCUT2D eigenvalue weighted by Crippen LogP contribution is 2.46. The average molecular weight is 446 g/mol. The number of Topliss-reactive ketones (excluding diaryl/α,β-unsaturated/α-hetero) is 1. The standard InChI is InChI=1S/C23H28BrNO3/c1-5-6-11-28-22(27)19-14(2)25-17-12-23(3,4)13-18(26)21(17)20(19)15-7-9-16(24)10-8-15/h7-10,20,25H,5-6,11-13H2,1-4H3. The molecule has 1 atom stereocenters. The van der Waals surface area contributed by atoms with E-state index in [4.69, 9.17) is 4.74 Å². The van der Waals surface area contributed by atoms with Crippen LogP contribution in [0.15, 0.2) is 51.3 Å². The summed E-state index contributed by atoms with van der Waals surface area (Å²) in [5.41, 5.74) is 3.83. The molecule has 1 N–H and O–H groups in total. The summed E-state index contributed by atoms with van der Waals surface area (Å²) < 4.78 is 6.51. The molecule has 3 rings (SSSR count). The van der Waals surface area contributed by atoms with E-state index in [1.54, 1.807) is 0 Å². The maximum Gasteiger partial charge on any atom is 0.336 e. The van der Waals surface area contributed by atoms with Gasteiger partial charge in [0.15, 0.2) is 5.78 Å². The number of dihydropyridines is 1. The smallest absolute Gasteiger partial charge is 0.336 e. The minimum absolute atomic E-state index is 0.0907. The van der Waals surface area contributed by atoms with Crippen molar-refractivity contribution in [2.45, 2.75) is 59.3 Å². The van der Waals surface area contributed by atoms with Crippen LogP contribution in [0.1, 0.15) is 64.9 Å². The second-order valence-electron chi connectivity index (χ2n) is 8.47. The Hall–Kier alpha value is -1.88. The number of carbonyl (C=O) groups is 2. The number of carbonyl (C=O) groups excluding carboxylic acids is 2. The largest absolute Gasteiger partial charge is 0.462 e. The molecule has 0 fully saturated rings. The SMILES string of the molecule is CCCCOC(=O)C1=C(C)NC2=C(C(=O)CC(C)(C)C2)C1c1ccc(Br)cc1. The number of hydrogen-bond acceptors (Lipinski definition) is 4. The summed E-state index contributed by atoms with van der Waals surface area (Å²) in [6.45, 7) is 8.58. The zero-order valence-electron chi connectivity index (χ0n) is 17.0. The Kier molecular flexibility index (Phi) is 6.13. The predicted molar refractivity (Wildman–Crippen MR) is 114 cm³/mol. The van der Waals surface area contributed by atoms with Crippen molar-refractivity contribution in [3.05, 3.63) is 56.8 Å². The lowest BCUT2D eigenvalue weighted by Gasteiger charge is -2.39. The summed E-state index contributed by atoms with van der Waals surface area (Å²) in [5, 5.41) is 3.37. The molecule has 1 aliphatic carbocycles. The molecule has 0 saturated carbocycles. The molecule has 0 spiro atoms. The van der Waals surface area contributed by atoms with E-state index in [1.807, 2.05) is 31.2 Å². The Morgan fingerprint density at radius 1 is 1.25 bits per heavy atom. The first-order valence-electron chi connectivity index (χ1n) is 9.90. The van der Waals surface area contributed by atoms with Gasteiger partial charge in [-0.3, -0.25) is 4.79 Å². The minimum atomic E-state index is -0.387. The number of allylic oxidation sites excluding steroid dienone is 3. The van der Waals surface area contributed by atoms with Crippen molar-refractivity contribution >= 4 is 27.7 Å². The van der Waals surface area contributed by atoms with E-state index in [-0.39, 0.29) is 23.1 Å². The van der Waals surface area contributed by atoms with Gasteiger partial charge in [-0.05, 0) is 42.9 Å². The number of nitrogens with one attached hydrogen (secondary N) is 1. The molecule has 1 heterocycles. The van der Waals surface area contributed by atoms with Crippen LogP contribution in [0.5, 0.6) is 0 Å². The van der Waals surface area contributed by atoms with Crippen LogP contribution in [-0.2, 0) is 14.3 Å². The van der Waals surface area contributed by atoms with E-state index >= 15 is 0 Å². The first-order valence-corrected chi connectivity index (χ1v) is 10.7. The molecule has 2 aliphatic rings. The van der Waals surface area contributed by atoms with Gasteiger partial charge < -0.3 is 10.1 Å². The van der Waals surface area contributed by atoms with Gasteiger partial charge in [0.25, 0.3) is 0 Å². The highest BCUT2D eigenvalue weighted by molar-refractivity contribution is 9.10. The number of ether oxygens (including phenoxy) is 1. The summed E-state index contributed by atoms with van der Waals surface area (Å²) >= 11 is 3.47. The van der Waals surface area contributed by atoms with E-state index in [2.05, 4.69) is 42.0 Å². The maximum atomic E-state index is 13.1. The second kappa shape index (κ2) is 8.24. The van der Waals surface area contributed by atoms with Gasteiger partial charge in [0, 0.05) is 33.8 Å². The Balaban J connectivity index is 2.07. The Bertz CT molecular complexity index is 849. The zero-order chi connectivity index (χ0) is 20.5. The average Bonchev–Trinajstić information content (AvgIpc) is 2.60. The topological polar surface area (TPSA) is 55.4 Å². The summed E-state index contributed by atoms with van der Waals surface area (Å²) in [6, 6.07) is 7.85. The number of rotatable bonds is 5. The first kappa shape index (κ1) is 20.8. The van der Waals surface area contributed by atoms with Gasteiger partial charge in [-0.2, -0.15) is 0 Å². The van der Waals surface area contributed by atoms with Crippen LogP contribution in [0.4, 0.5) is 0 Å². The van der Waals surface area contributed by atoms with Crippen molar-refractivity contribution in [3.63, 3.8) is 0 Å². The molecule has 1 aromatic rings. The van der Waals surface area contributed by atoms with Crippen LogP contribution in [0, 0.1) is 5.41 Å². The fourth-order valence-corrected chi connectivity index (χ4v) is 4.35. The fraction of sp³-hybridized carbons (Fsp3) is 0.478. The Morgan fingerprint density at radius 2 is 1.93 bits per heavy atom. The number of halogens is 1. The van der Waals surface area contributed by atoms with Crippen LogP contribution in [-0.4, -0.2) is 18.4 Å². The molecule has 5 heteroatoms. The minimum Gasteiger partial charge on any atom is -0.462 e. The number of esters is 1. The highest BCUT2D eigenvalue weighted by Gasteiger charge is 2.43. The molecule has 1 unspecified atom stereocenters. The lowest BCUT2D eigenvalue weighted by molar-refractivity contribution is -0.139. The third kappa shape index (κ3) is 4.24. The lowest BCUT2D eigenvalue weighted by Crippen LogP contribution is -2.38. The quantitative estimate of drug-likeness (QED) is 0.486.